The van der Waals surface area contributed by atoms with Crippen LogP contribution in [0.2, 0.25) is 5.02 Å². The van der Waals surface area contributed by atoms with Crippen molar-refractivity contribution >= 4 is 17.5 Å². The molecule has 1 aromatic heterocycles. The van der Waals surface area contributed by atoms with Gasteiger partial charge in [0, 0.05) is 23.2 Å². The van der Waals surface area contributed by atoms with Crippen LogP contribution in [0.4, 0.5) is 0 Å². The third-order valence-electron chi connectivity index (χ3n) is 3.83. The molecule has 0 saturated heterocycles. The fourth-order valence-electron chi connectivity index (χ4n) is 2.14. The number of carbonyl (C=O) groups excluding carboxylic acids is 1. The Morgan fingerprint density at radius 2 is 2.29 bits per heavy atom. The third kappa shape index (κ3) is 3.09. The van der Waals surface area contributed by atoms with Crippen molar-refractivity contribution in [3.8, 4) is 5.69 Å². The van der Waals surface area contributed by atoms with Crippen molar-refractivity contribution in [2.24, 2.45) is 5.41 Å². The van der Waals surface area contributed by atoms with Crippen molar-refractivity contribution in [1.29, 1.82) is 0 Å². The van der Waals surface area contributed by atoms with E-state index >= 15 is 0 Å². The first-order valence-corrected chi connectivity index (χ1v) is 7.19. The van der Waals surface area contributed by atoms with Gasteiger partial charge >= 0.3 is 0 Å². The van der Waals surface area contributed by atoms with Gasteiger partial charge in [-0.2, -0.15) is 5.10 Å². The van der Waals surface area contributed by atoms with E-state index < -0.39 is 0 Å². The molecule has 3 rings (SSSR count). The second-order valence-electron chi connectivity index (χ2n) is 5.49. The molecule has 5 nitrogen and oxygen atoms in total. The van der Waals surface area contributed by atoms with E-state index in [1.54, 1.807) is 23.0 Å². The van der Waals surface area contributed by atoms with Gasteiger partial charge in [0.05, 0.1) is 24.1 Å². The first-order valence-electron chi connectivity index (χ1n) is 6.82. The lowest BCUT2D eigenvalue weighted by atomic mass is 10.1. The molecule has 1 fully saturated rings. The van der Waals surface area contributed by atoms with Gasteiger partial charge in [-0.15, -0.1) is 0 Å². The number of carbonyl (C=O) groups is 1. The normalized spacial score (nSPS) is 15.7. The zero-order valence-corrected chi connectivity index (χ0v) is 12.2. The number of aromatic nitrogens is 2. The topological polar surface area (TPSA) is 67.2 Å². The molecule has 2 N–H and O–H groups in total. The van der Waals surface area contributed by atoms with Gasteiger partial charge in [0.1, 0.15) is 0 Å². The summed E-state index contributed by atoms with van der Waals surface area (Å²) in [5.74, 6) is -0.178. The molecule has 0 bridgehead atoms. The highest BCUT2D eigenvalue weighted by atomic mass is 35.5. The van der Waals surface area contributed by atoms with Crippen LogP contribution in [0, 0.1) is 5.41 Å². The Hall–Kier alpha value is -1.85. The summed E-state index contributed by atoms with van der Waals surface area (Å²) in [4.78, 5) is 12.1. The lowest BCUT2D eigenvalue weighted by Gasteiger charge is -2.11. The molecule has 1 saturated carbocycles. The van der Waals surface area contributed by atoms with Gasteiger partial charge in [0.15, 0.2) is 0 Å². The molecular formula is C15H16ClN3O2. The zero-order valence-electron chi connectivity index (χ0n) is 11.4. The van der Waals surface area contributed by atoms with Gasteiger partial charge in [-0.05, 0) is 31.0 Å². The Bertz CT molecular complexity index is 664. The van der Waals surface area contributed by atoms with Crippen LogP contribution in [0.15, 0.2) is 36.7 Å². The van der Waals surface area contributed by atoms with E-state index in [0.717, 1.165) is 18.5 Å². The van der Waals surface area contributed by atoms with E-state index in [1.807, 2.05) is 12.1 Å². The molecule has 1 aliphatic rings. The third-order valence-corrected chi connectivity index (χ3v) is 4.07. The SMILES string of the molecule is O=C(NCC1(CO)CC1)c1cnn(-c2cccc(Cl)c2)c1. The Morgan fingerprint density at radius 1 is 1.48 bits per heavy atom. The van der Waals surface area contributed by atoms with E-state index in [2.05, 4.69) is 10.4 Å². The highest BCUT2D eigenvalue weighted by Crippen LogP contribution is 2.44. The molecule has 0 unspecified atom stereocenters. The largest absolute Gasteiger partial charge is 0.396 e. The minimum Gasteiger partial charge on any atom is -0.396 e. The second-order valence-corrected chi connectivity index (χ2v) is 5.93. The molecule has 1 heterocycles. The summed E-state index contributed by atoms with van der Waals surface area (Å²) in [5, 5.41) is 16.9. The zero-order chi connectivity index (χ0) is 14.9. The maximum atomic E-state index is 12.1. The predicted molar refractivity (Wildman–Crippen MR) is 79.7 cm³/mol. The van der Waals surface area contributed by atoms with Gasteiger partial charge < -0.3 is 10.4 Å². The van der Waals surface area contributed by atoms with Crippen molar-refractivity contribution in [3.63, 3.8) is 0 Å². The van der Waals surface area contributed by atoms with Crippen LogP contribution in [0.5, 0.6) is 0 Å². The highest BCUT2D eigenvalue weighted by Gasteiger charge is 2.42. The van der Waals surface area contributed by atoms with E-state index in [9.17, 15) is 9.90 Å². The number of hydrogen-bond acceptors (Lipinski definition) is 3. The van der Waals surface area contributed by atoms with Crippen molar-refractivity contribution in [1.82, 2.24) is 15.1 Å². The van der Waals surface area contributed by atoms with E-state index in [-0.39, 0.29) is 17.9 Å². The average Bonchev–Trinajstić information content (AvgIpc) is 3.11. The number of rotatable bonds is 5. The number of halogens is 1. The smallest absolute Gasteiger partial charge is 0.254 e. The van der Waals surface area contributed by atoms with Gasteiger partial charge in [-0.1, -0.05) is 17.7 Å². The molecule has 0 radical (unpaired) electrons. The molecule has 1 amide bonds. The summed E-state index contributed by atoms with van der Waals surface area (Å²) in [7, 11) is 0. The monoisotopic (exact) mass is 305 g/mol. The fraction of sp³-hybridized carbons (Fsp3) is 0.333. The van der Waals surface area contributed by atoms with Crippen LogP contribution in [0.25, 0.3) is 5.69 Å². The average molecular weight is 306 g/mol. The number of aliphatic hydroxyl groups excluding tert-OH is 1. The van der Waals surface area contributed by atoms with Gasteiger partial charge in [0.25, 0.3) is 5.91 Å². The molecule has 2 aromatic rings. The fourth-order valence-corrected chi connectivity index (χ4v) is 2.32. The van der Waals surface area contributed by atoms with Crippen LogP contribution < -0.4 is 5.32 Å². The maximum Gasteiger partial charge on any atom is 0.254 e. The lowest BCUT2D eigenvalue weighted by molar-refractivity contribution is 0.0935. The first-order chi connectivity index (χ1) is 10.1. The number of hydrogen-bond donors (Lipinski definition) is 2. The molecule has 1 aliphatic carbocycles. The van der Waals surface area contributed by atoms with Crippen molar-refractivity contribution < 1.29 is 9.90 Å². The standard InChI is InChI=1S/C15H16ClN3O2/c16-12-2-1-3-13(6-12)19-8-11(7-18-19)14(21)17-9-15(10-20)4-5-15/h1-3,6-8,20H,4-5,9-10H2,(H,17,21). The molecule has 21 heavy (non-hydrogen) atoms. The van der Waals surface area contributed by atoms with Gasteiger partial charge in [-0.25, -0.2) is 4.68 Å². The summed E-state index contributed by atoms with van der Waals surface area (Å²) in [6.45, 7) is 0.625. The molecule has 1 aromatic carbocycles. The van der Waals surface area contributed by atoms with Crippen molar-refractivity contribution in [2.75, 3.05) is 13.2 Å². The number of nitrogens with one attached hydrogen (secondary N) is 1. The minimum atomic E-state index is -0.178. The number of benzene rings is 1. The maximum absolute atomic E-state index is 12.1. The summed E-state index contributed by atoms with van der Waals surface area (Å²) < 4.78 is 1.61. The Morgan fingerprint density at radius 3 is 2.95 bits per heavy atom. The van der Waals surface area contributed by atoms with Crippen molar-refractivity contribution in [2.45, 2.75) is 12.8 Å². The molecule has 0 aliphatic heterocycles. The van der Waals surface area contributed by atoms with Gasteiger partial charge in [0.2, 0.25) is 0 Å². The lowest BCUT2D eigenvalue weighted by Crippen LogP contribution is -2.31. The molecule has 0 atom stereocenters. The van der Waals surface area contributed by atoms with Crippen LogP contribution in [-0.4, -0.2) is 33.9 Å². The Labute approximate surface area is 127 Å². The van der Waals surface area contributed by atoms with Crippen LogP contribution in [-0.2, 0) is 0 Å². The highest BCUT2D eigenvalue weighted by molar-refractivity contribution is 6.30. The quantitative estimate of drug-likeness (QED) is 0.888. The van der Waals surface area contributed by atoms with Crippen molar-refractivity contribution in [3.05, 3.63) is 47.2 Å². The second kappa shape index (κ2) is 5.50. The predicted octanol–water partition coefficient (Wildman–Crippen LogP) is 2.03. The van der Waals surface area contributed by atoms with Crippen LogP contribution >= 0.6 is 11.6 Å². The Kier molecular flexibility index (Phi) is 3.69. The number of nitrogens with zero attached hydrogens (tertiary/aromatic N) is 2. The summed E-state index contributed by atoms with van der Waals surface area (Å²) >= 11 is 5.94. The van der Waals surface area contributed by atoms with E-state index in [4.69, 9.17) is 11.6 Å². The number of aliphatic hydroxyl groups is 1. The summed E-state index contributed by atoms with van der Waals surface area (Å²) in [6, 6.07) is 7.26. The van der Waals surface area contributed by atoms with Crippen LogP contribution in [0.3, 0.4) is 0 Å². The molecule has 110 valence electrons. The van der Waals surface area contributed by atoms with Crippen LogP contribution in [0.1, 0.15) is 23.2 Å². The first kappa shape index (κ1) is 14.1. The van der Waals surface area contributed by atoms with E-state index in [1.165, 1.54) is 6.20 Å². The van der Waals surface area contributed by atoms with Gasteiger partial charge in [-0.3, -0.25) is 4.79 Å². The molecule has 6 heteroatoms. The molecule has 0 spiro atoms. The van der Waals surface area contributed by atoms with E-state index in [0.29, 0.717) is 17.1 Å². The summed E-state index contributed by atoms with van der Waals surface area (Å²) in [6.07, 6.45) is 5.12. The minimum absolute atomic E-state index is 0.0986. The number of amides is 1. The summed E-state index contributed by atoms with van der Waals surface area (Å²) in [5.41, 5.74) is 1.19. The molecular weight excluding hydrogens is 290 g/mol. The Balaban J connectivity index is 1.68.